The summed E-state index contributed by atoms with van der Waals surface area (Å²) in [5.74, 6) is -0.179. The minimum Gasteiger partial charge on any atom is -0.356 e. The topological polar surface area (TPSA) is 62.3 Å². The molecule has 2 amide bonds. The van der Waals surface area contributed by atoms with E-state index in [1.165, 1.54) is 6.07 Å². The van der Waals surface area contributed by atoms with E-state index in [0.717, 1.165) is 16.6 Å². The summed E-state index contributed by atoms with van der Waals surface area (Å²) in [7, 11) is 0. The summed E-state index contributed by atoms with van der Waals surface area (Å²) >= 11 is 0. The predicted molar refractivity (Wildman–Crippen MR) is 128 cm³/mol. The summed E-state index contributed by atoms with van der Waals surface area (Å²) in [6.07, 6.45) is 1.71. The normalized spacial score (nSPS) is 14.6. The van der Waals surface area contributed by atoms with Crippen LogP contribution in [0.5, 0.6) is 0 Å². The quantitative estimate of drug-likeness (QED) is 0.595. The fourth-order valence-corrected chi connectivity index (χ4v) is 4.35. The number of amides is 2. The molecule has 0 radical (unpaired) electrons. The van der Waals surface area contributed by atoms with Gasteiger partial charge in [0, 0.05) is 36.6 Å². The molecule has 0 aliphatic carbocycles. The molecule has 1 fully saturated rings. The van der Waals surface area contributed by atoms with Crippen LogP contribution >= 0.6 is 0 Å². The van der Waals surface area contributed by atoms with E-state index < -0.39 is 0 Å². The van der Waals surface area contributed by atoms with E-state index in [1.54, 1.807) is 18.2 Å². The maximum absolute atomic E-state index is 13.7. The van der Waals surface area contributed by atoms with Crippen LogP contribution in [0, 0.1) is 11.7 Å². The van der Waals surface area contributed by atoms with Crippen LogP contribution in [0.4, 0.5) is 4.39 Å². The van der Waals surface area contributed by atoms with Crippen molar-refractivity contribution in [2.75, 3.05) is 19.6 Å². The Morgan fingerprint density at radius 1 is 1.09 bits per heavy atom. The summed E-state index contributed by atoms with van der Waals surface area (Å²) in [6.45, 7) is 5.62. The molecule has 1 N–H and O–H groups in total. The highest BCUT2D eigenvalue weighted by atomic mass is 19.1. The van der Waals surface area contributed by atoms with Crippen molar-refractivity contribution in [1.82, 2.24) is 15.2 Å². The van der Waals surface area contributed by atoms with E-state index in [1.807, 2.05) is 35.2 Å². The maximum atomic E-state index is 13.7. The molecule has 6 heteroatoms. The first-order chi connectivity index (χ1) is 15.9. The van der Waals surface area contributed by atoms with Crippen LogP contribution in [-0.2, 0) is 11.2 Å². The molecular formula is C27H30FN3O2. The zero-order valence-corrected chi connectivity index (χ0v) is 19.2. The number of benzene rings is 2. The third-order valence-corrected chi connectivity index (χ3v) is 6.36. The highest BCUT2D eigenvalue weighted by Crippen LogP contribution is 2.26. The molecule has 4 rings (SSSR count). The van der Waals surface area contributed by atoms with Crippen LogP contribution in [0.2, 0.25) is 0 Å². The number of carbonyl (C=O) groups excluding carboxylic acids is 2. The van der Waals surface area contributed by atoms with Crippen molar-refractivity contribution in [2.45, 2.75) is 39.0 Å². The monoisotopic (exact) mass is 447 g/mol. The van der Waals surface area contributed by atoms with Crippen molar-refractivity contribution in [3.05, 3.63) is 77.2 Å². The Balaban J connectivity index is 1.36. The van der Waals surface area contributed by atoms with E-state index in [-0.39, 0.29) is 29.5 Å². The summed E-state index contributed by atoms with van der Waals surface area (Å²) in [5.41, 5.74) is 3.01. The fourth-order valence-electron chi connectivity index (χ4n) is 4.35. The number of hydrogen-bond donors (Lipinski definition) is 1. The molecule has 0 unspecified atom stereocenters. The first kappa shape index (κ1) is 22.9. The summed E-state index contributed by atoms with van der Waals surface area (Å²) in [5, 5.41) is 3.79. The van der Waals surface area contributed by atoms with Crippen molar-refractivity contribution >= 4 is 22.7 Å². The Hall–Kier alpha value is -3.28. The number of hydrogen-bond acceptors (Lipinski definition) is 3. The number of nitrogens with zero attached hydrogens (tertiary/aromatic N) is 2. The van der Waals surface area contributed by atoms with E-state index in [9.17, 15) is 14.0 Å². The largest absolute Gasteiger partial charge is 0.356 e. The molecular weight excluding hydrogens is 417 g/mol. The fraction of sp³-hybridized carbons (Fsp3) is 0.370. The number of para-hydroxylation sites is 1. The lowest BCUT2D eigenvalue weighted by molar-refractivity contribution is -0.126. The van der Waals surface area contributed by atoms with Gasteiger partial charge in [-0.1, -0.05) is 50.2 Å². The third-order valence-electron chi connectivity index (χ3n) is 6.36. The molecule has 1 aliphatic rings. The Kier molecular flexibility index (Phi) is 7.02. The Morgan fingerprint density at radius 3 is 2.52 bits per heavy atom. The average molecular weight is 448 g/mol. The van der Waals surface area contributed by atoms with Gasteiger partial charge in [-0.05, 0) is 48.9 Å². The number of pyridine rings is 1. The molecule has 2 heterocycles. The van der Waals surface area contributed by atoms with Crippen LogP contribution < -0.4 is 5.32 Å². The lowest BCUT2D eigenvalue weighted by Crippen LogP contribution is -2.43. The van der Waals surface area contributed by atoms with E-state index >= 15 is 0 Å². The first-order valence-corrected chi connectivity index (χ1v) is 11.6. The highest BCUT2D eigenvalue weighted by Gasteiger charge is 2.28. The molecule has 1 aromatic heterocycles. The van der Waals surface area contributed by atoms with Crippen LogP contribution in [-0.4, -0.2) is 41.3 Å². The number of piperidine rings is 1. The van der Waals surface area contributed by atoms with Crippen molar-refractivity contribution in [3.8, 4) is 0 Å². The molecule has 1 saturated heterocycles. The lowest BCUT2D eigenvalue weighted by Gasteiger charge is -2.31. The van der Waals surface area contributed by atoms with Gasteiger partial charge in [0.05, 0.1) is 11.1 Å². The van der Waals surface area contributed by atoms with Gasteiger partial charge in [-0.15, -0.1) is 0 Å². The average Bonchev–Trinajstić information content (AvgIpc) is 2.84. The van der Waals surface area contributed by atoms with E-state index in [2.05, 4.69) is 19.2 Å². The highest BCUT2D eigenvalue weighted by molar-refractivity contribution is 6.06. The molecule has 0 saturated carbocycles. The summed E-state index contributed by atoms with van der Waals surface area (Å²) < 4.78 is 13.7. The van der Waals surface area contributed by atoms with Crippen molar-refractivity contribution in [2.24, 2.45) is 5.92 Å². The zero-order chi connectivity index (χ0) is 23.4. The van der Waals surface area contributed by atoms with Crippen LogP contribution in [0.3, 0.4) is 0 Å². The molecule has 2 aromatic carbocycles. The van der Waals surface area contributed by atoms with Gasteiger partial charge in [0.2, 0.25) is 5.91 Å². The standard InChI is InChI=1S/C27H30FN3O2/c1-18(2)25-17-22(21-8-4-6-10-24(21)30-25)27(33)31-15-12-20(13-16-31)26(32)29-14-11-19-7-3-5-9-23(19)28/h3-10,17-18,20H,11-16H2,1-2H3,(H,29,32). The molecule has 0 atom stereocenters. The van der Waals surface area contributed by atoms with Crippen molar-refractivity contribution in [3.63, 3.8) is 0 Å². The van der Waals surface area contributed by atoms with E-state index in [0.29, 0.717) is 50.0 Å². The summed E-state index contributed by atoms with van der Waals surface area (Å²) in [4.78, 5) is 32.5. The van der Waals surface area contributed by atoms with Crippen molar-refractivity contribution in [1.29, 1.82) is 0 Å². The first-order valence-electron chi connectivity index (χ1n) is 11.6. The summed E-state index contributed by atoms with van der Waals surface area (Å²) in [6, 6.07) is 16.3. The third kappa shape index (κ3) is 5.21. The number of fused-ring (bicyclic) bond motifs is 1. The Bertz CT molecular complexity index is 1150. The molecule has 3 aromatic rings. The second-order valence-electron chi connectivity index (χ2n) is 8.97. The smallest absolute Gasteiger partial charge is 0.254 e. The predicted octanol–water partition coefficient (Wildman–Crippen LogP) is 4.71. The number of carbonyl (C=O) groups is 2. The number of likely N-dealkylation sites (tertiary alicyclic amines) is 1. The number of halogens is 1. The van der Waals surface area contributed by atoms with Crippen LogP contribution in [0.25, 0.3) is 10.9 Å². The number of rotatable bonds is 6. The molecule has 0 spiro atoms. The second kappa shape index (κ2) is 10.1. The molecule has 33 heavy (non-hydrogen) atoms. The minimum atomic E-state index is -0.247. The molecule has 5 nitrogen and oxygen atoms in total. The Morgan fingerprint density at radius 2 is 1.79 bits per heavy atom. The maximum Gasteiger partial charge on any atom is 0.254 e. The van der Waals surface area contributed by atoms with Gasteiger partial charge in [-0.2, -0.15) is 0 Å². The Labute approximate surface area is 194 Å². The SMILES string of the molecule is CC(C)c1cc(C(=O)N2CCC(C(=O)NCCc3ccccc3F)CC2)c2ccccc2n1. The minimum absolute atomic E-state index is 0.00564. The van der Waals surface area contributed by atoms with Gasteiger partial charge >= 0.3 is 0 Å². The molecule has 0 bridgehead atoms. The van der Waals surface area contributed by atoms with Gasteiger partial charge in [0.15, 0.2) is 0 Å². The van der Waals surface area contributed by atoms with Gasteiger partial charge in [-0.3, -0.25) is 14.6 Å². The molecule has 1 aliphatic heterocycles. The van der Waals surface area contributed by atoms with Gasteiger partial charge in [0.1, 0.15) is 5.82 Å². The van der Waals surface area contributed by atoms with Crippen molar-refractivity contribution < 1.29 is 14.0 Å². The molecule has 172 valence electrons. The number of nitrogens with one attached hydrogen (secondary N) is 1. The van der Waals surface area contributed by atoms with Gasteiger partial charge in [0.25, 0.3) is 5.91 Å². The van der Waals surface area contributed by atoms with E-state index in [4.69, 9.17) is 4.98 Å². The number of aromatic nitrogens is 1. The van der Waals surface area contributed by atoms with Gasteiger partial charge < -0.3 is 10.2 Å². The van der Waals surface area contributed by atoms with Gasteiger partial charge in [-0.25, -0.2) is 4.39 Å². The van der Waals surface area contributed by atoms with Crippen LogP contribution in [0.15, 0.2) is 54.6 Å². The second-order valence-corrected chi connectivity index (χ2v) is 8.97. The lowest BCUT2D eigenvalue weighted by atomic mass is 9.94. The van der Waals surface area contributed by atoms with Crippen LogP contribution in [0.1, 0.15) is 54.2 Å². The zero-order valence-electron chi connectivity index (χ0n) is 19.2.